The molecule has 150 valence electrons. The van der Waals surface area contributed by atoms with Gasteiger partial charge in [-0.05, 0) is 44.5 Å². The number of imide groups is 1. The van der Waals surface area contributed by atoms with Gasteiger partial charge in [0.25, 0.3) is 5.91 Å². The fourth-order valence-corrected chi connectivity index (χ4v) is 2.56. The van der Waals surface area contributed by atoms with Crippen LogP contribution >= 0.6 is 11.6 Å². The minimum absolute atomic E-state index is 0.0251. The summed E-state index contributed by atoms with van der Waals surface area (Å²) < 4.78 is 19.2. The molecule has 2 N–H and O–H groups in total. The number of hydrogen-bond donors (Lipinski definition) is 2. The van der Waals surface area contributed by atoms with Gasteiger partial charge in [-0.2, -0.15) is 5.10 Å². The zero-order chi connectivity index (χ0) is 20.8. The summed E-state index contributed by atoms with van der Waals surface area (Å²) in [6.07, 6.45) is 0.701. The van der Waals surface area contributed by atoms with Crippen molar-refractivity contribution in [3.05, 3.63) is 46.5 Å². The van der Waals surface area contributed by atoms with Crippen LogP contribution in [0.5, 0.6) is 0 Å². The van der Waals surface area contributed by atoms with Gasteiger partial charge in [-0.15, -0.1) is 0 Å². The lowest BCUT2D eigenvalue weighted by Crippen LogP contribution is -2.44. The molecule has 0 radical (unpaired) electrons. The van der Waals surface area contributed by atoms with E-state index in [1.807, 2.05) is 6.92 Å². The number of esters is 1. The fraction of sp³-hybridized carbons (Fsp3) is 0.333. The summed E-state index contributed by atoms with van der Waals surface area (Å²) in [5.74, 6) is -2.08. The standard InChI is InChI=1S/C18H20ClFN4O4/c1-4-10(2)21-18(27)22-14(25)9-28-17(26)15-11(3)23-24(16(15)19)13-7-5-12(20)6-8-13/h5-8,10H,4,9H2,1-3H3,(H2,21,22,25,27)/t10-/m1/s1. The predicted octanol–water partition coefficient (Wildman–Crippen LogP) is 2.75. The SMILES string of the molecule is CC[C@@H](C)NC(=O)NC(=O)COC(=O)c1c(C)nn(-c2ccc(F)cc2)c1Cl. The van der Waals surface area contributed by atoms with Crippen molar-refractivity contribution in [2.75, 3.05) is 6.61 Å². The maximum absolute atomic E-state index is 13.1. The number of urea groups is 1. The van der Waals surface area contributed by atoms with Gasteiger partial charge in [0.1, 0.15) is 16.5 Å². The molecule has 0 aliphatic carbocycles. The Labute approximate surface area is 166 Å². The number of carbonyl (C=O) groups is 3. The Kier molecular flexibility index (Phi) is 7.11. The third-order valence-electron chi connectivity index (χ3n) is 3.86. The molecule has 0 aliphatic heterocycles. The number of hydrogen-bond acceptors (Lipinski definition) is 5. The third-order valence-corrected chi connectivity index (χ3v) is 4.21. The third kappa shape index (κ3) is 5.29. The van der Waals surface area contributed by atoms with Gasteiger partial charge < -0.3 is 10.1 Å². The summed E-state index contributed by atoms with van der Waals surface area (Å²) >= 11 is 6.21. The molecule has 2 rings (SSSR count). The Hall–Kier alpha value is -2.94. The van der Waals surface area contributed by atoms with Gasteiger partial charge in [0.15, 0.2) is 6.61 Å². The summed E-state index contributed by atoms with van der Waals surface area (Å²) in [6.45, 7) is 4.55. The summed E-state index contributed by atoms with van der Waals surface area (Å²) in [7, 11) is 0. The highest BCUT2D eigenvalue weighted by Gasteiger charge is 2.23. The zero-order valence-corrected chi connectivity index (χ0v) is 16.3. The lowest BCUT2D eigenvalue weighted by Gasteiger charge is -2.11. The van der Waals surface area contributed by atoms with E-state index >= 15 is 0 Å². The largest absolute Gasteiger partial charge is 0.452 e. The molecule has 0 aliphatic rings. The van der Waals surface area contributed by atoms with Gasteiger partial charge >= 0.3 is 12.0 Å². The molecule has 1 heterocycles. The van der Waals surface area contributed by atoms with Crippen molar-refractivity contribution in [3.8, 4) is 5.69 Å². The van der Waals surface area contributed by atoms with E-state index in [-0.39, 0.29) is 22.5 Å². The molecular formula is C18H20ClFN4O4. The number of amides is 3. The lowest BCUT2D eigenvalue weighted by molar-refractivity contribution is -0.123. The second kappa shape index (κ2) is 9.32. The molecule has 2 aromatic rings. The second-order valence-corrected chi connectivity index (χ2v) is 6.40. The molecular weight excluding hydrogens is 391 g/mol. The molecule has 0 saturated heterocycles. The normalized spacial score (nSPS) is 11.6. The average molecular weight is 411 g/mol. The Morgan fingerprint density at radius 3 is 2.54 bits per heavy atom. The van der Waals surface area contributed by atoms with E-state index < -0.39 is 30.3 Å². The van der Waals surface area contributed by atoms with Gasteiger partial charge in [-0.25, -0.2) is 18.7 Å². The Bertz CT molecular complexity index is 882. The first-order valence-corrected chi connectivity index (χ1v) is 8.89. The van der Waals surface area contributed by atoms with Crippen molar-refractivity contribution in [1.82, 2.24) is 20.4 Å². The zero-order valence-electron chi connectivity index (χ0n) is 15.6. The number of ether oxygens (including phenoxy) is 1. The molecule has 0 unspecified atom stereocenters. The summed E-state index contributed by atoms with van der Waals surface area (Å²) in [4.78, 5) is 35.6. The van der Waals surface area contributed by atoms with Crippen molar-refractivity contribution in [2.45, 2.75) is 33.2 Å². The van der Waals surface area contributed by atoms with Crippen molar-refractivity contribution < 1.29 is 23.5 Å². The topological polar surface area (TPSA) is 102 Å². The van der Waals surface area contributed by atoms with Crippen LogP contribution in [0.25, 0.3) is 5.69 Å². The Morgan fingerprint density at radius 1 is 1.29 bits per heavy atom. The van der Waals surface area contributed by atoms with Crippen molar-refractivity contribution in [2.24, 2.45) is 0 Å². The van der Waals surface area contributed by atoms with Crippen LogP contribution in [0.1, 0.15) is 36.3 Å². The van der Waals surface area contributed by atoms with Crippen LogP contribution in [0.3, 0.4) is 0 Å². The molecule has 1 atom stereocenters. The second-order valence-electron chi connectivity index (χ2n) is 6.05. The van der Waals surface area contributed by atoms with E-state index in [4.69, 9.17) is 16.3 Å². The monoisotopic (exact) mass is 410 g/mol. The number of nitrogens with one attached hydrogen (secondary N) is 2. The fourth-order valence-electron chi connectivity index (χ4n) is 2.21. The maximum Gasteiger partial charge on any atom is 0.343 e. The Morgan fingerprint density at radius 2 is 1.93 bits per heavy atom. The van der Waals surface area contributed by atoms with Crippen LogP contribution in [-0.2, 0) is 9.53 Å². The molecule has 0 spiro atoms. The van der Waals surface area contributed by atoms with Gasteiger partial charge in [0.05, 0.1) is 11.4 Å². The summed E-state index contributed by atoms with van der Waals surface area (Å²) in [6, 6.07) is 4.59. The van der Waals surface area contributed by atoms with Crippen LogP contribution < -0.4 is 10.6 Å². The van der Waals surface area contributed by atoms with E-state index in [2.05, 4.69) is 15.7 Å². The van der Waals surface area contributed by atoms with Crippen molar-refractivity contribution in [3.63, 3.8) is 0 Å². The van der Waals surface area contributed by atoms with Crippen molar-refractivity contribution >= 4 is 29.5 Å². The van der Waals surface area contributed by atoms with E-state index in [0.717, 1.165) is 0 Å². The molecule has 10 heteroatoms. The van der Waals surface area contributed by atoms with E-state index in [0.29, 0.717) is 12.1 Å². The molecule has 1 aromatic carbocycles. The molecule has 3 amide bonds. The molecule has 28 heavy (non-hydrogen) atoms. The minimum Gasteiger partial charge on any atom is -0.452 e. The highest BCUT2D eigenvalue weighted by atomic mass is 35.5. The number of aryl methyl sites for hydroxylation is 1. The quantitative estimate of drug-likeness (QED) is 0.713. The summed E-state index contributed by atoms with van der Waals surface area (Å²) in [5.41, 5.74) is 0.699. The van der Waals surface area contributed by atoms with Crippen molar-refractivity contribution in [1.29, 1.82) is 0 Å². The highest BCUT2D eigenvalue weighted by Crippen LogP contribution is 2.24. The van der Waals surface area contributed by atoms with Gasteiger partial charge in [0, 0.05) is 6.04 Å². The summed E-state index contributed by atoms with van der Waals surface area (Å²) in [5, 5.41) is 8.72. The van der Waals surface area contributed by atoms with Crippen LogP contribution in [0.15, 0.2) is 24.3 Å². The van der Waals surface area contributed by atoms with Gasteiger partial charge in [-0.1, -0.05) is 18.5 Å². The molecule has 0 bridgehead atoms. The van der Waals surface area contributed by atoms with E-state index in [9.17, 15) is 18.8 Å². The van der Waals surface area contributed by atoms with Gasteiger partial charge in [0.2, 0.25) is 0 Å². The number of nitrogens with zero attached hydrogens (tertiary/aromatic N) is 2. The average Bonchev–Trinajstić information content (AvgIpc) is 2.94. The van der Waals surface area contributed by atoms with E-state index in [1.165, 1.54) is 28.9 Å². The molecule has 8 nitrogen and oxygen atoms in total. The van der Waals surface area contributed by atoms with E-state index in [1.54, 1.807) is 13.8 Å². The number of carbonyl (C=O) groups excluding carboxylic acids is 3. The number of benzene rings is 1. The number of rotatable bonds is 6. The smallest absolute Gasteiger partial charge is 0.343 e. The minimum atomic E-state index is -0.867. The lowest BCUT2D eigenvalue weighted by atomic mass is 10.2. The van der Waals surface area contributed by atoms with Crippen LogP contribution in [0.2, 0.25) is 5.15 Å². The molecule has 1 aromatic heterocycles. The number of halogens is 2. The van der Waals surface area contributed by atoms with Crippen LogP contribution in [0.4, 0.5) is 9.18 Å². The first-order chi connectivity index (χ1) is 13.2. The Balaban J connectivity index is 2.02. The first kappa shape index (κ1) is 21.4. The molecule has 0 saturated carbocycles. The maximum atomic E-state index is 13.1. The predicted molar refractivity (Wildman–Crippen MR) is 100.0 cm³/mol. The van der Waals surface area contributed by atoms with Gasteiger partial charge in [-0.3, -0.25) is 10.1 Å². The van der Waals surface area contributed by atoms with Crippen LogP contribution in [0, 0.1) is 12.7 Å². The first-order valence-electron chi connectivity index (χ1n) is 8.51. The highest BCUT2D eigenvalue weighted by molar-refractivity contribution is 6.33. The molecule has 0 fully saturated rings. The number of aromatic nitrogens is 2. The van der Waals surface area contributed by atoms with Crippen LogP contribution in [-0.4, -0.2) is 40.3 Å².